The summed E-state index contributed by atoms with van der Waals surface area (Å²) >= 11 is 0. The van der Waals surface area contributed by atoms with Gasteiger partial charge in [-0.3, -0.25) is 4.68 Å². The van der Waals surface area contributed by atoms with E-state index in [1.54, 1.807) is 7.11 Å². The summed E-state index contributed by atoms with van der Waals surface area (Å²) in [5, 5.41) is 4.25. The average molecular weight is 257 g/mol. The molecule has 0 bridgehead atoms. The lowest BCUT2D eigenvalue weighted by Gasteiger charge is -2.07. The number of hydrogen-bond donors (Lipinski definition) is 1. The second-order valence-corrected chi connectivity index (χ2v) is 3.90. The lowest BCUT2D eigenvalue weighted by Crippen LogP contribution is -2.13. The Morgan fingerprint density at radius 3 is 2.44 bits per heavy atom. The van der Waals surface area contributed by atoms with Crippen molar-refractivity contribution in [3.8, 4) is 0 Å². The van der Waals surface area contributed by atoms with Crippen LogP contribution >= 0.6 is 0 Å². The van der Waals surface area contributed by atoms with Crippen LogP contribution in [0.2, 0.25) is 0 Å². The molecule has 0 saturated heterocycles. The van der Waals surface area contributed by atoms with Gasteiger partial charge in [-0.05, 0) is 6.92 Å². The fourth-order valence-corrected chi connectivity index (χ4v) is 1.53. The molecule has 0 aliphatic rings. The SMILES string of the molecule is COCCOCCOCCn1ncc(CN)c1C. The van der Waals surface area contributed by atoms with Crippen molar-refractivity contribution in [2.45, 2.75) is 20.0 Å². The summed E-state index contributed by atoms with van der Waals surface area (Å²) in [4.78, 5) is 0. The minimum Gasteiger partial charge on any atom is -0.382 e. The monoisotopic (exact) mass is 257 g/mol. The molecule has 6 heteroatoms. The smallest absolute Gasteiger partial charge is 0.0701 e. The molecule has 104 valence electrons. The molecule has 1 aromatic heterocycles. The third-order valence-corrected chi connectivity index (χ3v) is 2.68. The highest BCUT2D eigenvalue weighted by Crippen LogP contribution is 2.05. The first-order valence-corrected chi connectivity index (χ1v) is 6.15. The van der Waals surface area contributed by atoms with Gasteiger partial charge in [0.1, 0.15) is 0 Å². The second-order valence-electron chi connectivity index (χ2n) is 3.90. The summed E-state index contributed by atoms with van der Waals surface area (Å²) in [6, 6.07) is 0. The maximum Gasteiger partial charge on any atom is 0.0701 e. The Labute approximate surface area is 108 Å². The molecule has 1 rings (SSSR count). The number of nitrogens with zero attached hydrogens (tertiary/aromatic N) is 2. The molecule has 0 radical (unpaired) electrons. The van der Waals surface area contributed by atoms with Crippen molar-refractivity contribution in [1.29, 1.82) is 0 Å². The topological polar surface area (TPSA) is 71.5 Å². The van der Waals surface area contributed by atoms with E-state index in [0.29, 0.717) is 39.6 Å². The summed E-state index contributed by atoms with van der Waals surface area (Å²) < 4.78 is 17.5. The van der Waals surface area contributed by atoms with Crippen LogP contribution in [-0.2, 0) is 27.3 Å². The van der Waals surface area contributed by atoms with E-state index in [9.17, 15) is 0 Å². The quantitative estimate of drug-likeness (QED) is 0.612. The van der Waals surface area contributed by atoms with Gasteiger partial charge in [-0.25, -0.2) is 0 Å². The molecule has 6 nitrogen and oxygen atoms in total. The van der Waals surface area contributed by atoms with Crippen LogP contribution in [0.4, 0.5) is 0 Å². The number of ether oxygens (including phenoxy) is 3. The van der Waals surface area contributed by atoms with Crippen molar-refractivity contribution in [3.05, 3.63) is 17.5 Å². The van der Waals surface area contributed by atoms with E-state index in [4.69, 9.17) is 19.9 Å². The zero-order chi connectivity index (χ0) is 13.2. The van der Waals surface area contributed by atoms with Crippen LogP contribution in [0, 0.1) is 6.92 Å². The van der Waals surface area contributed by atoms with Crippen LogP contribution in [-0.4, -0.2) is 49.9 Å². The van der Waals surface area contributed by atoms with Gasteiger partial charge < -0.3 is 19.9 Å². The van der Waals surface area contributed by atoms with Crippen LogP contribution in [0.3, 0.4) is 0 Å². The molecule has 0 atom stereocenters. The van der Waals surface area contributed by atoms with Crippen molar-refractivity contribution >= 4 is 0 Å². The van der Waals surface area contributed by atoms with Crippen LogP contribution in [0.15, 0.2) is 6.20 Å². The third kappa shape index (κ3) is 5.14. The Morgan fingerprint density at radius 2 is 1.83 bits per heavy atom. The Balaban J connectivity index is 2.05. The molecule has 0 saturated carbocycles. The van der Waals surface area contributed by atoms with Gasteiger partial charge in [0.15, 0.2) is 0 Å². The standard InChI is InChI=1S/C12H23N3O3/c1-11-12(9-13)10-14-15(11)3-4-17-7-8-18-6-5-16-2/h10H,3-9,13H2,1-2H3. The van der Waals surface area contributed by atoms with Crippen molar-refractivity contribution in [1.82, 2.24) is 9.78 Å². The van der Waals surface area contributed by atoms with Gasteiger partial charge in [0.2, 0.25) is 0 Å². The van der Waals surface area contributed by atoms with Gasteiger partial charge in [-0.1, -0.05) is 0 Å². The first kappa shape index (κ1) is 15.1. The van der Waals surface area contributed by atoms with E-state index in [1.807, 2.05) is 17.8 Å². The van der Waals surface area contributed by atoms with Crippen molar-refractivity contribution in [3.63, 3.8) is 0 Å². The summed E-state index contributed by atoms with van der Waals surface area (Å²) in [5.74, 6) is 0. The molecule has 0 unspecified atom stereocenters. The summed E-state index contributed by atoms with van der Waals surface area (Å²) in [6.07, 6.45) is 1.81. The van der Waals surface area contributed by atoms with E-state index in [0.717, 1.165) is 17.8 Å². The fraction of sp³-hybridized carbons (Fsp3) is 0.750. The van der Waals surface area contributed by atoms with E-state index < -0.39 is 0 Å². The maximum atomic E-state index is 5.59. The number of aromatic nitrogens is 2. The zero-order valence-electron chi connectivity index (χ0n) is 11.2. The molecule has 0 amide bonds. The second kappa shape index (κ2) is 9.04. The van der Waals surface area contributed by atoms with Gasteiger partial charge in [0, 0.05) is 24.9 Å². The third-order valence-electron chi connectivity index (χ3n) is 2.68. The first-order chi connectivity index (χ1) is 8.79. The van der Waals surface area contributed by atoms with Crippen molar-refractivity contribution in [2.75, 3.05) is 40.1 Å². The zero-order valence-corrected chi connectivity index (χ0v) is 11.2. The molecule has 1 aromatic rings. The van der Waals surface area contributed by atoms with Crippen LogP contribution in [0.5, 0.6) is 0 Å². The summed E-state index contributed by atoms with van der Waals surface area (Å²) in [5.41, 5.74) is 7.78. The van der Waals surface area contributed by atoms with Crippen LogP contribution in [0.1, 0.15) is 11.3 Å². The van der Waals surface area contributed by atoms with E-state index in [2.05, 4.69) is 5.10 Å². The first-order valence-electron chi connectivity index (χ1n) is 6.15. The predicted molar refractivity (Wildman–Crippen MR) is 68.4 cm³/mol. The molecule has 0 aromatic carbocycles. The van der Waals surface area contributed by atoms with E-state index >= 15 is 0 Å². The lowest BCUT2D eigenvalue weighted by molar-refractivity contribution is 0.0224. The molecule has 0 spiro atoms. The minimum absolute atomic E-state index is 0.528. The average Bonchev–Trinajstić information content (AvgIpc) is 2.73. The maximum absolute atomic E-state index is 5.59. The highest BCUT2D eigenvalue weighted by molar-refractivity contribution is 5.15. The van der Waals surface area contributed by atoms with Crippen LogP contribution < -0.4 is 5.73 Å². The molecular formula is C12H23N3O3. The van der Waals surface area contributed by atoms with Gasteiger partial charge >= 0.3 is 0 Å². The Kier molecular flexibility index (Phi) is 7.59. The lowest BCUT2D eigenvalue weighted by atomic mass is 10.3. The highest BCUT2D eigenvalue weighted by Gasteiger charge is 2.03. The van der Waals surface area contributed by atoms with E-state index in [-0.39, 0.29) is 0 Å². The summed E-state index contributed by atoms with van der Waals surface area (Å²) in [6.45, 7) is 6.32. The minimum atomic E-state index is 0.528. The van der Waals surface area contributed by atoms with Gasteiger partial charge in [-0.15, -0.1) is 0 Å². The van der Waals surface area contributed by atoms with Crippen molar-refractivity contribution < 1.29 is 14.2 Å². The molecule has 2 N–H and O–H groups in total. The molecule has 1 heterocycles. The van der Waals surface area contributed by atoms with Gasteiger partial charge in [0.25, 0.3) is 0 Å². The number of hydrogen-bond acceptors (Lipinski definition) is 5. The van der Waals surface area contributed by atoms with Crippen molar-refractivity contribution in [2.24, 2.45) is 5.73 Å². The normalized spacial score (nSPS) is 11.1. The number of rotatable bonds is 10. The number of nitrogens with two attached hydrogens (primary N) is 1. The Morgan fingerprint density at radius 1 is 1.17 bits per heavy atom. The van der Waals surface area contributed by atoms with Gasteiger partial charge in [0.05, 0.1) is 45.8 Å². The molecule has 18 heavy (non-hydrogen) atoms. The highest BCUT2D eigenvalue weighted by atomic mass is 16.5. The van der Waals surface area contributed by atoms with Gasteiger partial charge in [-0.2, -0.15) is 5.10 Å². The number of methoxy groups -OCH3 is 1. The molecule has 0 fully saturated rings. The molecule has 0 aliphatic carbocycles. The molecule has 0 aliphatic heterocycles. The summed E-state index contributed by atoms with van der Waals surface area (Å²) in [7, 11) is 1.65. The predicted octanol–water partition coefficient (Wildman–Crippen LogP) is 0.330. The largest absolute Gasteiger partial charge is 0.382 e. The molecular weight excluding hydrogens is 234 g/mol. The fourth-order valence-electron chi connectivity index (χ4n) is 1.53. The Bertz CT molecular complexity index is 328. The van der Waals surface area contributed by atoms with Crippen LogP contribution in [0.25, 0.3) is 0 Å². The van der Waals surface area contributed by atoms with E-state index in [1.165, 1.54) is 0 Å². The Hall–Kier alpha value is -0.950.